The van der Waals surface area contributed by atoms with Gasteiger partial charge < -0.3 is 19.0 Å². The van der Waals surface area contributed by atoms with Gasteiger partial charge in [0.05, 0.1) is 18.6 Å². The second-order valence-corrected chi connectivity index (χ2v) is 5.38. The highest BCUT2D eigenvalue weighted by Crippen LogP contribution is 2.28. The molecule has 22 heavy (non-hydrogen) atoms. The molecule has 0 amide bonds. The van der Waals surface area contributed by atoms with Gasteiger partial charge in [0.2, 0.25) is 0 Å². The fourth-order valence-corrected chi connectivity index (χ4v) is 2.77. The minimum atomic E-state index is -0.443. The maximum Gasteiger partial charge on any atom is 0.344 e. The monoisotopic (exact) mass is 298 g/mol. The van der Waals surface area contributed by atoms with E-state index in [0.717, 1.165) is 17.2 Å². The second-order valence-electron chi connectivity index (χ2n) is 5.38. The fourth-order valence-electron chi connectivity index (χ4n) is 2.77. The summed E-state index contributed by atoms with van der Waals surface area (Å²) in [6.07, 6.45) is 0.880. The topological polar surface area (TPSA) is 68.9 Å². The molecule has 0 unspecified atom stereocenters. The van der Waals surface area contributed by atoms with Crippen molar-refractivity contribution in [2.75, 3.05) is 13.2 Å². The van der Waals surface area contributed by atoms with Gasteiger partial charge in [-0.25, -0.2) is 4.79 Å². The average Bonchev–Trinajstić information content (AvgIpc) is 3.00. The molecule has 0 radical (unpaired) electrons. The summed E-state index contributed by atoms with van der Waals surface area (Å²) in [5, 5.41) is 11.5. The SMILES string of the molecule is O=c1oc2cc(O)ccc2c2ccc(O[C@@H]3CCOC3)cc12. The molecule has 0 spiro atoms. The van der Waals surface area contributed by atoms with Gasteiger partial charge in [0.15, 0.2) is 0 Å². The Labute approximate surface area is 125 Å². The van der Waals surface area contributed by atoms with Crippen molar-refractivity contribution in [3.8, 4) is 11.5 Å². The number of rotatable bonds is 2. The minimum Gasteiger partial charge on any atom is -0.508 e. The van der Waals surface area contributed by atoms with Crippen LogP contribution < -0.4 is 10.4 Å². The molecular formula is C17H14O5. The molecule has 0 saturated carbocycles. The number of phenolic OH excluding ortho intramolecular Hbond substituents is 1. The number of hydrogen-bond donors (Lipinski definition) is 1. The zero-order valence-electron chi connectivity index (χ0n) is 11.7. The number of hydrogen-bond acceptors (Lipinski definition) is 5. The lowest BCUT2D eigenvalue weighted by Crippen LogP contribution is -2.15. The molecule has 1 fully saturated rings. The Kier molecular flexibility index (Phi) is 3.01. The van der Waals surface area contributed by atoms with E-state index >= 15 is 0 Å². The van der Waals surface area contributed by atoms with Crippen LogP contribution in [0.15, 0.2) is 45.6 Å². The van der Waals surface area contributed by atoms with Crippen LogP contribution in [0, 0.1) is 0 Å². The Bertz CT molecular complexity index is 906. The first-order chi connectivity index (χ1) is 10.7. The van der Waals surface area contributed by atoms with Gasteiger partial charge >= 0.3 is 5.63 Å². The molecule has 1 aromatic heterocycles. The van der Waals surface area contributed by atoms with Crippen molar-refractivity contribution >= 4 is 21.7 Å². The lowest BCUT2D eigenvalue weighted by atomic mass is 10.1. The van der Waals surface area contributed by atoms with E-state index in [9.17, 15) is 9.90 Å². The molecule has 0 bridgehead atoms. The van der Waals surface area contributed by atoms with Crippen molar-refractivity contribution in [2.24, 2.45) is 0 Å². The van der Waals surface area contributed by atoms with Gasteiger partial charge in [-0.05, 0) is 30.3 Å². The fraction of sp³-hybridized carbons (Fsp3) is 0.235. The summed E-state index contributed by atoms with van der Waals surface area (Å²) >= 11 is 0. The minimum absolute atomic E-state index is 0.0295. The molecule has 5 nitrogen and oxygen atoms in total. The summed E-state index contributed by atoms with van der Waals surface area (Å²) in [4.78, 5) is 12.2. The summed E-state index contributed by atoms with van der Waals surface area (Å²) in [5.41, 5.74) is -0.0726. The summed E-state index contributed by atoms with van der Waals surface area (Å²) in [6.45, 7) is 1.28. The summed E-state index contributed by atoms with van der Waals surface area (Å²) in [5.74, 6) is 0.699. The molecule has 1 atom stereocenters. The van der Waals surface area contributed by atoms with E-state index < -0.39 is 5.63 Å². The molecule has 112 valence electrons. The van der Waals surface area contributed by atoms with Crippen LogP contribution in [0.25, 0.3) is 21.7 Å². The van der Waals surface area contributed by atoms with E-state index in [1.807, 2.05) is 12.1 Å². The van der Waals surface area contributed by atoms with Crippen molar-refractivity contribution in [1.29, 1.82) is 0 Å². The lowest BCUT2D eigenvalue weighted by molar-refractivity contribution is 0.141. The van der Waals surface area contributed by atoms with Crippen molar-refractivity contribution in [3.63, 3.8) is 0 Å². The Hall–Kier alpha value is -2.53. The van der Waals surface area contributed by atoms with Gasteiger partial charge in [0.25, 0.3) is 0 Å². The Morgan fingerprint density at radius 2 is 1.95 bits per heavy atom. The standard InChI is InChI=1S/C17H14O5/c18-10-1-3-14-13-4-2-11(21-12-5-6-20-9-12)8-15(13)17(19)22-16(14)7-10/h1-4,7-8,12,18H,5-6,9H2/t12-/m1/s1. The van der Waals surface area contributed by atoms with Crippen molar-refractivity contribution in [2.45, 2.75) is 12.5 Å². The van der Waals surface area contributed by atoms with E-state index in [1.54, 1.807) is 18.2 Å². The molecule has 1 aliphatic heterocycles. The van der Waals surface area contributed by atoms with Crippen LogP contribution in [0.2, 0.25) is 0 Å². The van der Waals surface area contributed by atoms with E-state index in [4.69, 9.17) is 13.9 Å². The first-order valence-electron chi connectivity index (χ1n) is 7.15. The third kappa shape index (κ3) is 2.19. The van der Waals surface area contributed by atoms with E-state index in [1.165, 1.54) is 6.07 Å². The van der Waals surface area contributed by atoms with Crippen LogP contribution in [0.1, 0.15) is 6.42 Å². The van der Waals surface area contributed by atoms with Crippen molar-refractivity contribution in [1.82, 2.24) is 0 Å². The van der Waals surface area contributed by atoms with Crippen LogP contribution in [0.4, 0.5) is 0 Å². The van der Waals surface area contributed by atoms with Gasteiger partial charge in [-0.15, -0.1) is 0 Å². The average molecular weight is 298 g/mol. The Balaban J connectivity index is 1.85. The maximum absolute atomic E-state index is 12.2. The lowest BCUT2D eigenvalue weighted by Gasteiger charge is -2.12. The second kappa shape index (κ2) is 5.03. The van der Waals surface area contributed by atoms with Gasteiger partial charge in [-0.3, -0.25) is 0 Å². The van der Waals surface area contributed by atoms with E-state index in [2.05, 4.69) is 0 Å². The predicted octanol–water partition coefficient (Wildman–Crippen LogP) is 2.82. The van der Waals surface area contributed by atoms with Gasteiger partial charge in [0, 0.05) is 23.3 Å². The summed E-state index contributed by atoms with van der Waals surface area (Å²) in [7, 11) is 0. The molecule has 2 aromatic carbocycles. The first-order valence-corrected chi connectivity index (χ1v) is 7.15. The quantitative estimate of drug-likeness (QED) is 0.582. The molecule has 0 aliphatic carbocycles. The third-order valence-corrected chi connectivity index (χ3v) is 3.86. The third-order valence-electron chi connectivity index (χ3n) is 3.86. The number of phenols is 1. The molecule has 1 N–H and O–H groups in total. The molecule has 5 heteroatoms. The number of fused-ring (bicyclic) bond motifs is 3. The number of aromatic hydroxyl groups is 1. The first kappa shape index (κ1) is 13.2. The molecule has 4 rings (SSSR count). The van der Waals surface area contributed by atoms with Crippen molar-refractivity contribution in [3.05, 3.63) is 46.8 Å². The molecule has 3 aromatic rings. The number of benzene rings is 2. The molecular weight excluding hydrogens is 284 g/mol. The van der Waals surface area contributed by atoms with Crippen LogP contribution >= 0.6 is 0 Å². The predicted molar refractivity (Wildman–Crippen MR) is 81.5 cm³/mol. The highest BCUT2D eigenvalue weighted by molar-refractivity contribution is 6.04. The van der Waals surface area contributed by atoms with Crippen LogP contribution in [-0.2, 0) is 4.74 Å². The molecule has 1 aliphatic rings. The summed E-state index contributed by atoms with van der Waals surface area (Å²) in [6, 6.07) is 10.1. The van der Waals surface area contributed by atoms with Crippen molar-refractivity contribution < 1.29 is 19.0 Å². The maximum atomic E-state index is 12.2. The number of ether oxygens (including phenoxy) is 2. The Morgan fingerprint density at radius 1 is 1.09 bits per heavy atom. The highest BCUT2D eigenvalue weighted by Gasteiger charge is 2.18. The zero-order chi connectivity index (χ0) is 15.1. The molecule has 1 saturated heterocycles. The van der Waals surface area contributed by atoms with Crippen LogP contribution in [0.5, 0.6) is 11.5 Å². The van der Waals surface area contributed by atoms with Crippen LogP contribution in [-0.4, -0.2) is 24.4 Å². The largest absolute Gasteiger partial charge is 0.508 e. The Morgan fingerprint density at radius 3 is 2.77 bits per heavy atom. The highest BCUT2D eigenvalue weighted by atomic mass is 16.5. The normalized spacial score (nSPS) is 18.1. The zero-order valence-corrected chi connectivity index (χ0v) is 11.7. The van der Waals surface area contributed by atoms with E-state index in [-0.39, 0.29) is 11.9 Å². The van der Waals surface area contributed by atoms with Gasteiger partial charge in [-0.2, -0.15) is 0 Å². The summed E-state index contributed by atoms with van der Waals surface area (Å²) < 4.78 is 16.4. The van der Waals surface area contributed by atoms with Gasteiger partial charge in [-0.1, -0.05) is 0 Å². The smallest absolute Gasteiger partial charge is 0.344 e. The van der Waals surface area contributed by atoms with Crippen LogP contribution in [0.3, 0.4) is 0 Å². The van der Waals surface area contributed by atoms with E-state index in [0.29, 0.717) is 29.9 Å². The van der Waals surface area contributed by atoms with Gasteiger partial charge in [0.1, 0.15) is 23.2 Å². The molecule has 2 heterocycles.